The minimum atomic E-state index is -1.46. The predicted octanol–water partition coefficient (Wildman–Crippen LogP) is 6.80. The number of benzene rings is 3. The zero-order valence-corrected chi connectivity index (χ0v) is 40.4. The Morgan fingerprint density at radius 3 is 2.31 bits per heavy atom. The molecular weight excluding hydrogens is 889 g/mol. The number of imide groups is 1. The van der Waals surface area contributed by atoms with Gasteiger partial charge in [-0.1, -0.05) is 6.07 Å². The van der Waals surface area contributed by atoms with Crippen LogP contribution in [0.4, 0.5) is 14.4 Å². The maximum atomic E-state index is 15.1. The highest BCUT2D eigenvalue weighted by atomic mass is 32.2. The number of nitrogens with zero attached hydrogens (tertiary/aromatic N) is 2. The van der Waals surface area contributed by atoms with E-state index in [2.05, 4.69) is 33.5 Å². The second kappa shape index (κ2) is 16.9. The van der Waals surface area contributed by atoms with E-state index < -0.39 is 64.4 Å². The maximum Gasteiger partial charge on any atom is 0.514 e. The van der Waals surface area contributed by atoms with Crippen LogP contribution in [-0.4, -0.2) is 116 Å². The van der Waals surface area contributed by atoms with E-state index in [1.807, 2.05) is 6.92 Å². The van der Waals surface area contributed by atoms with Crippen LogP contribution >= 0.6 is 11.8 Å². The molecule has 6 atom stereocenters. The Kier molecular flexibility index (Phi) is 11.7. The number of aromatic hydroxyl groups is 1. The summed E-state index contributed by atoms with van der Waals surface area (Å²) in [6, 6.07) is 3.88. The summed E-state index contributed by atoms with van der Waals surface area (Å²) in [6.07, 6.45) is -1.85. The largest absolute Gasteiger partial charge is 0.514 e. The number of ether oxygens (including phenoxy) is 9. The third-order valence-corrected chi connectivity index (χ3v) is 14.8. The second-order valence-electron chi connectivity index (χ2n) is 19.8. The fourth-order valence-corrected chi connectivity index (χ4v) is 12.4. The molecule has 7 aliphatic rings. The van der Waals surface area contributed by atoms with E-state index in [0.717, 1.165) is 22.3 Å². The quantitative estimate of drug-likeness (QED) is 0.140. The molecule has 10 rings (SSSR count). The van der Waals surface area contributed by atoms with Gasteiger partial charge in [0.2, 0.25) is 6.79 Å². The van der Waals surface area contributed by atoms with E-state index in [0.29, 0.717) is 65.4 Å². The lowest BCUT2D eigenvalue weighted by atomic mass is 9.73. The first-order valence-corrected chi connectivity index (χ1v) is 23.4. The highest BCUT2D eigenvalue weighted by Crippen LogP contribution is 2.64. The zero-order valence-electron chi connectivity index (χ0n) is 39.6. The fourth-order valence-electron chi connectivity index (χ4n) is 10.7. The number of phenolic OH excluding ortho intramolecular Hbond substituents is 1. The third-order valence-electron chi connectivity index (χ3n) is 13.3. The summed E-state index contributed by atoms with van der Waals surface area (Å²) in [5.74, 6) is 1.28. The van der Waals surface area contributed by atoms with Gasteiger partial charge >= 0.3 is 24.3 Å². The Morgan fingerprint density at radius 1 is 0.881 bits per heavy atom. The van der Waals surface area contributed by atoms with E-state index in [4.69, 9.17) is 42.6 Å². The van der Waals surface area contributed by atoms with Gasteiger partial charge in [0.1, 0.15) is 23.6 Å². The Morgan fingerprint density at radius 2 is 1.61 bits per heavy atom. The van der Waals surface area contributed by atoms with Gasteiger partial charge in [-0.05, 0) is 110 Å². The first kappa shape index (κ1) is 46.5. The Bertz CT molecular complexity index is 2570. The van der Waals surface area contributed by atoms with Crippen molar-refractivity contribution in [2.24, 2.45) is 0 Å². The van der Waals surface area contributed by atoms with Crippen molar-refractivity contribution >= 4 is 36.1 Å². The summed E-state index contributed by atoms with van der Waals surface area (Å²) in [6.45, 7) is 14.6. The van der Waals surface area contributed by atoms with E-state index in [1.54, 1.807) is 60.6 Å². The minimum Gasteiger partial charge on any atom is -0.504 e. The van der Waals surface area contributed by atoms with Crippen LogP contribution in [0.25, 0.3) is 0 Å². The van der Waals surface area contributed by atoms with Crippen molar-refractivity contribution < 1.29 is 66.9 Å². The molecule has 7 aliphatic heterocycles. The molecule has 3 N–H and O–H groups in total. The van der Waals surface area contributed by atoms with Crippen molar-refractivity contribution in [2.45, 2.75) is 114 Å². The van der Waals surface area contributed by atoms with Crippen LogP contribution in [0, 0.1) is 13.8 Å². The summed E-state index contributed by atoms with van der Waals surface area (Å²) in [5, 5.41) is 17.3. The molecule has 3 aromatic carbocycles. The number of methoxy groups -OCH3 is 2. The summed E-state index contributed by atoms with van der Waals surface area (Å²) in [5.41, 5.74) is 2.36. The molecule has 18 nitrogen and oxygen atoms in total. The third kappa shape index (κ3) is 8.00. The molecule has 3 aromatic rings. The predicted molar refractivity (Wildman–Crippen MR) is 243 cm³/mol. The Hall–Kier alpha value is -5.63. The average molecular weight is 947 g/mol. The molecule has 0 aromatic heterocycles. The first-order valence-electron chi connectivity index (χ1n) is 22.4. The number of likely N-dealkylation sites (N-methyl/N-ethyl adjacent to an activating group) is 1. The first-order chi connectivity index (χ1) is 31.6. The number of esters is 1. The van der Waals surface area contributed by atoms with Crippen LogP contribution in [0.5, 0.6) is 40.2 Å². The average Bonchev–Trinajstić information content (AvgIpc) is 3.72. The molecule has 67 heavy (non-hydrogen) atoms. The smallest absolute Gasteiger partial charge is 0.504 e. The van der Waals surface area contributed by atoms with Crippen molar-refractivity contribution in [3.63, 3.8) is 0 Å². The number of phenols is 1. The maximum absolute atomic E-state index is 15.1. The van der Waals surface area contributed by atoms with Crippen molar-refractivity contribution in [1.29, 1.82) is 0 Å². The number of hydrogen-bond donors (Lipinski definition) is 3. The number of carbonyl (C=O) groups is 4. The van der Waals surface area contributed by atoms with Gasteiger partial charge in [0, 0.05) is 53.2 Å². The Labute approximate surface area is 393 Å². The van der Waals surface area contributed by atoms with Gasteiger partial charge in [-0.15, -0.1) is 11.8 Å². The lowest BCUT2D eigenvalue weighted by Crippen LogP contribution is -2.65. The second-order valence-corrected chi connectivity index (χ2v) is 21.0. The van der Waals surface area contributed by atoms with Gasteiger partial charge < -0.3 is 47.7 Å². The summed E-state index contributed by atoms with van der Waals surface area (Å²) in [4.78, 5) is 59.5. The molecule has 19 heteroatoms. The summed E-state index contributed by atoms with van der Waals surface area (Å²) in [7, 11) is 5.04. The van der Waals surface area contributed by atoms with Crippen LogP contribution in [-0.2, 0) is 37.4 Å². The van der Waals surface area contributed by atoms with Gasteiger partial charge in [0.15, 0.2) is 40.0 Å². The number of rotatable bonds is 4. The topological polar surface area (TPSA) is 202 Å². The van der Waals surface area contributed by atoms with E-state index >= 15 is 4.79 Å². The number of carbonyl (C=O) groups excluding carboxylic acids is 4. The van der Waals surface area contributed by atoms with E-state index in [1.165, 1.54) is 26.0 Å². The molecular formula is C48H58N4O14S. The molecule has 2 fully saturated rings. The number of aryl methyl sites for hydroxylation is 1. The van der Waals surface area contributed by atoms with E-state index in [-0.39, 0.29) is 48.2 Å². The number of fused-ring (bicyclic) bond motifs is 9. The van der Waals surface area contributed by atoms with Crippen molar-refractivity contribution in [3.05, 3.63) is 62.7 Å². The van der Waals surface area contributed by atoms with Crippen LogP contribution < -0.4 is 39.1 Å². The molecule has 0 radical (unpaired) electrons. The standard InChI is InChI=1S/C48H58N4O14S/c1-22-14-25-15-26-18-52-28-19-60-42(54)48(27-17-29(58-10)30(16-24(27)12-13-49-48)63-45(57)66-47(6,7)8)20-67-41(35(52)34(51(26)9)31(25)36(53)37(22)59-11)33-32(28)40-39(61-21-62-40)23(2)38(33)64-43(55)50-44(56)65-46(3,4)5/h14,16-17,26,28,34-35,41,49,53H,12-13,15,18-21H2,1-11H3,(H,50,55,56)/t26?,28?,34?,35?,41?,48-/m1/s1. The van der Waals surface area contributed by atoms with Crippen molar-refractivity contribution in [1.82, 2.24) is 20.4 Å². The molecule has 360 valence electrons. The fraction of sp³-hybridized carbons (Fsp3) is 0.542. The molecule has 0 aliphatic carbocycles. The highest BCUT2D eigenvalue weighted by Gasteiger charge is 2.59. The lowest BCUT2D eigenvalue weighted by molar-refractivity contribution is -0.156. The Balaban J connectivity index is 1.23. The van der Waals surface area contributed by atoms with Crippen molar-refractivity contribution in [3.8, 4) is 40.2 Å². The number of thioether (sulfide) groups is 1. The van der Waals surface area contributed by atoms with Crippen LogP contribution in [0.15, 0.2) is 18.2 Å². The van der Waals surface area contributed by atoms with Gasteiger partial charge in [-0.2, -0.15) is 0 Å². The molecule has 2 amide bonds. The van der Waals surface area contributed by atoms with Crippen LogP contribution in [0.1, 0.15) is 103 Å². The lowest BCUT2D eigenvalue weighted by Gasteiger charge is -2.60. The molecule has 5 unspecified atom stereocenters. The highest BCUT2D eigenvalue weighted by molar-refractivity contribution is 7.99. The van der Waals surface area contributed by atoms with Gasteiger partial charge in [-0.25, -0.2) is 24.5 Å². The molecule has 1 spiro atoms. The normalized spacial score (nSPS) is 25.1. The number of amides is 2. The number of alkyl carbamates (subject to hydrolysis) is 1. The minimum absolute atomic E-state index is 0.0110. The van der Waals surface area contributed by atoms with Crippen LogP contribution in [0.3, 0.4) is 0 Å². The van der Waals surface area contributed by atoms with E-state index in [9.17, 15) is 19.5 Å². The van der Waals surface area contributed by atoms with Gasteiger partial charge in [-0.3, -0.25) is 15.1 Å². The SMILES string of the molecule is COc1cc2c(cc1OC(=O)OC(C)(C)C)CCN[C@]21CSC2c3c(OC(=O)NC(=O)OC(C)(C)C)c(C)c4c(c3C(COC1=O)N1CC3Cc5cc(C)c(OC)c(O)c5C(C21)N3C)OCO4. The zero-order chi connectivity index (χ0) is 48.1. The molecule has 2 saturated heterocycles. The monoisotopic (exact) mass is 946 g/mol. The summed E-state index contributed by atoms with van der Waals surface area (Å²) >= 11 is 1.46. The number of piperazine rings is 1. The number of hydrogen-bond acceptors (Lipinski definition) is 18. The van der Waals surface area contributed by atoms with Crippen molar-refractivity contribution in [2.75, 3.05) is 53.5 Å². The molecule has 0 saturated carbocycles. The van der Waals surface area contributed by atoms with Crippen LogP contribution in [0.2, 0.25) is 0 Å². The molecule has 4 bridgehead atoms. The van der Waals surface area contributed by atoms with Gasteiger partial charge in [0.25, 0.3) is 0 Å². The number of nitrogens with one attached hydrogen (secondary N) is 2. The summed E-state index contributed by atoms with van der Waals surface area (Å²) < 4.78 is 53.3. The molecule has 7 heterocycles. The van der Waals surface area contributed by atoms with Gasteiger partial charge in [0.05, 0.1) is 31.6 Å².